The lowest BCUT2D eigenvalue weighted by Crippen LogP contribution is -2.42. The highest BCUT2D eigenvalue weighted by Crippen LogP contribution is 2.42. The zero-order valence-electron chi connectivity index (χ0n) is 17.7. The van der Waals surface area contributed by atoms with E-state index in [2.05, 4.69) is 16.0 Å². The van der Waals surface area contributed by atoms with Gasteiger partial charge in [-0.1, -0.05) is 0 Å². The van der Waals surface area contributed by atoms with E-state index in [1.807, 2.05) is 10.6 Å². The van der Waals surface area contributed by atoms with E-state index >= 15 is 0 Å². The molecule has 0 amide bonds. The van der Waals surface area contributed by atoms with Gasteiger partial charge >= 0.3 is 6.18 Å². The molecule has 3 aromatic heterocycles. The first-order chi connectivity index (χ1) is 15.6. The molecule has 0 saturated heterocycles. The Labute approximate surface area is 188 Å². The molecule has 4 rings (SSSR count). The van der Waals surface area contributed by atoms with E-state index in [-0.39, 0.29) is 11.6 Å². The van der Waals surface area contributed by atoms with E-state index in [0.717, 1.165) is 37.9 Å². The van der Waals surface area contributed by atoms with Crippen LogP contribution in [0, 0.1) is 11.3 Å². The van der Waals surface area contributed by atoms with Crippen molar-refractivity contribution in [3.05, 3.63) is 36.0 Å². The van der Waals surface area contributed by atoms with E-state index in [1.54, 1.807) is 10.8 Å². The molecule has 0 spiro atoms. The molecule has 1 atom stereocenters. The van der Waals surface area contributed by atoms with Gasteiger partial charge in [0.2, 0.25) is 15.9 Å². The maximum absolute atomic E-state index is 12.8. The Morgan fingerprint density at radius 1 is 1.27 bits per heavy atom. The molecule has 0 radical (unpaired) electrons. The highest BCUT2D eigenvalue weighted by atomic mass is 32.2. The van der Waals surface area contributed by atoms with Gasteiger partial charge in [0.1, 0.15) is 28.1 Å². The van der Waals surface area contributed by atoms with Crippen LogP contribution >= 0.6 is 0 Å². The van der Waals surface area contributed by atoms with Crippen LogP contribution in [0.1, 0.15) is 37.8 Å². The third-order valence-corrected chi connectivity index (χ3v) is 7.22. The topological polar surface area (TPSA) is 110 Å². The molecule has 1 N–H and O–H groups in total. The predicted molar refractivity (Wildman–Crippen MR) is 113 cm³/mol. The molecule has 1 aliphatic rings. The van der Waals surface area contributed by atoms with E-state index in [4.69, 9.17) is 4.74 Å². The lowest BCUT2D eigenvalue weighted by Gasteiger charge is -2.29. The smallest absolute Gasteiger partial charge is 0.404 e. The molecule has 1 saturated carbocycles. The minimum atomic E-state index is -4.72. The van der Waals surface area contributed by atoms with Crippen molar-refractivity contribution in [2.24, 2.45) is 0 Å². The number of methoxy groups -OCH3 is 1. The first-order valence-corrected chi connectivity index (χ1v) is 11.6. The predicted octanol–water partition coefficient (Wildman–Crippen LogP) is 3.93. The number of pyridine rings is 2. The first-order valence-electron chi connectivity index (χ1n) is 10.1. The summed E-state index contributed by atoms with van der Waals surface area (Å²) in [5.41, 5.74) is 2.24. The van der Waals surface area contributed by atoms with Crippen molar-refractivity contribution in [2.75, 3.05) is 7.11 Å². The zero-order chi connectivity index (χ0) is 24.0. The number of alkyl halides is 3. The molecule has 33 heavy (non-hydrogen) atoms. The number of ether oxygens (including phenoxy) is 1. The van der Waals surface area contributed by atoms with Crippen LogP contribution in [0.3, 0.4) is 0 Å². The molecule has 1 aliphatic carbocycles. The third kappa shape index (κ3) is 4.14. The molecule has 174 valence electrons. The highest BCUT2D eigenvalue weighted by Gasteiger charge is 2.39. The van der Waals surface area contributed by atoms with Crippen LogP contribution in [0.4, 0.5) is 13.2 Å². The van der Waals surface area contributed by atoms with E-state index in [0.29, 0.717) is 22.8 Å². The summed E-state index contributed by atoms with van der Waals surface area (Å²) in [5, 5.41) is 9.90. The number of nitrogens with one attached hydrogen (secondary N) is 1. The van der Waals surface area contributed by atoms with Crippen LogP contribution in [0.25, 0.3) is 22.4 Å². The molecule has 12 heteroatoms. The molecule has 1 fully saturated rings. The molecule has 3 heterocycles. The van der Waals surface area contributed by atoms with Crippen molar-refractivity contribution in [1.29, 1.82) is 5.26 Å². The fourth-order valence-electron chi connectivity index (χ4n) is 3.71. The largest absolute Gasteiger partial charge is 0.481 e. The highest BCUT2D eigenvalue weighted by molar-refractivity contribution is 7.89. The number of hydrogen-bond donors (Lipinski definition) is 1. The van der Waals surface area contributed by atoms with Crippen molar-refractivity contribution < 1.29 is 26.3 Å². The average molecular weight is 479 g/mol. The van der Waals surface area contributed by atoms with Crippen molar-refractivity contribution in [1.82, 2.24) is 19.3 Å². The maximum Gasteiger partial charge on any atom is 0.404 e. The second kappa shape index (κ2) is 8.31. The fourth-order valence-corrected chi connectivity index (χ4v) is 4.88. The number of halogens is 3. The summed E-state index contributed by atoms with van der Waals surface area (Å²) in [6.45, 7) is 0.719. The second-order valence-electron chi connectivity index (χ2n) is 7.78. The normalized spacial score (nSPS) is 15.8. The standard InChI is InChI=1S/C21H20F3N5O3S/c1-12(21(22,23)24)28-33(30,31)14-6-7-16(26-11-14)20-15(10-25)19-17(8-9-18(27-19)32-2)29(20)13-4-3-5-13/h6-9,11-13,28H,3-5H2,1-2H3/t12-/m0/s1. The molecule has 0 unspecified atom stereocenters. The van der Waals surface area contributed by atoms with Crippen LogP contribution < -0.4 is 9.46 Å². The monoisotopic (exact) mass is 479 g/mol. The summed E-state index contributed by atoms with van der Waals surface area (Å²) in [7, 11) is -2.97. The summed E-state index contributed by atoms with van der Waals surface area (Å²) in [6.07, 6.45) is -0.902. The van der Waals surface area contributed by atoms with E-state index in [9.17, 15) is 26.9 Å². The van der Waals surface area contributed by atoms with Gasteiger partial charge in [-0.3, -0.25) is 4.98 Å². The Bertz CT molecular complexity index is 1340. The molecule has 0 bridgehead atoms. The van der Waals surface area contributed by atoms with Gasteiger partial charge < -0.3 is 9.30 Å². The minimum absolute atomic E-state index is 0.124. The molecule has 3 aromatic rings. The first kappa shape index (κ1) is 23.0. The fraction of sp³-hybridized carbons (Fsp3) is 0.381. The third-order valence-electron chi connectivity index (χ3n) is 5.70. The number of rotatable bonds is 6. The number of fused-ring (bicyclic) bond motifs is 1. The van der Waals surface area contributed by atoms with Gasteiger partial charge in [-0.15, -0.1) is 0 Å². The van der Waals surface area contributed by atoms with Crippen LogP contribution in [0.5, 0.6) is 5.88 Å². The Hall–Kier alpha value is -3.17. The van der Waals surface area contributed by atoms with Crippen molar-refractivity contribution in [2.45, 2.75) is 49.3 Å². The van der Waals surface area contributed by atoms with Gasteiger partial charge in [-0.05, 0) is 44.4 Å². The van der Waals surface area contributed by atoms with Gasteiger partial charge in [-0.25, -0.2) is 13.4 Å². The number of aromatic nitrogens is 3. The maximum atomic E-state index is 12.8. The van der Waals surface area contributed by atoms with Gasteiger partial charge in [-0.2, -0.15) is 23.2 Å². The average Bonchev–Trinajstić information content (AvgIpc) is 3.04. The van der Waals surface area contributed by atoms with E-state index in [1.165, 1.54) is 19.2 Å². The van der Waals surface area contributed by atoms with Crippen molar-refractivity contribution in [3.8, 4) is 23.3 Å². The van der Waals surface area contributed by atoms with Crippen LogP contribution in [-0.2, 0) is 10.0 Å². The Kier molecular flexibility index (Phi) is 5.79. The minimum Gasteiger partial charge on any atom is -0.481 e. The Morgan fingerprint density at radius 3 is 2.52 bits per heavy atom. The second-order valence-corrected chi connectivity index (χ2v) is 9.49. The summed E-state index contributed by atoms with van der Waals surface area (Å²) in [6, 6.07) is 6.09. The number of sulfonamides is 1. The zero-order valence-corrected chi connectivity index (χ0v) is 18.5. The number of nitrogens with zero attached hydrogens (tertiary/aromatic N) is 4. The summed E-state index contributed by atoms with van der Waals surface area (Å²) in [5.74, 6) is 0.343. The summed E-state index contributed by atoms with van der Waals surface area (Å²) < 4.78 is 71.9. The Balaban J connectivity index is 1.80. The SMILES string of the molecule is COc1ccc2c(n1)c(C#N)c(-c1ccc(S(=O)(=O)N[C@@H](C)C(F)(F)F)cn1)n2C1CCC1. The van der Waals surface area contributed by atoms with Crippen LogP contribution in [-0.4, -0.2) is 42.3 Å². The van der Waals surface area contributed by atoms with Gasteiger partial charge in [0.15, 0.2) is 0 Å². The summed E-state index contributed by atoms with van der Waals surface area (Å²) in [4.78, 5) is 8.21. The molecular weight excluding hydrogens is 459 g/mol. The Morgan fingerprint density at radius 2 is 2.00 bits per heavy atom. The van der Waals surface area contributed by atoms with Crippen LogP contribution in [0.2, 0.25) is 0 Å². The lowest BCUT2D eigenvalue weighted by molar-refractivity contribution is -0.147. The quantitative estimate of drug-likeness (QED) is 0.574. The van der Waals surface area contributed by atoms with Gasteiger partial charge in [0, 0.05) is 18.3 Å². The molecule has 0 aromatic carbocycles. The van der Waals surface area contributed by atoms with Crippen molar-refractivity contribution >= 4 is 21.1 Å². The number of hydrogen-bond acceptors (Lipinski definition) is 6. The summed E-state index contributed by atoms with van der Waals surface area (Å²) >= 11 is 0. The molecule has 8 nitrogen and oxygen atoms in total. The number of nitriles is 1. The molecular formula is C21H20F3N5O3S. The lowest BCUT2D eigenvalue weighted by atomic mass is 9.92. The van der Waals surface area contributed by atoms with Gasteiger partial charge in [0.25, 0.3) is 0 Å². The van der Waals surface area contributed by atoms with Gasteiger partial charge in [0.05, 0.1) is 24.0 Å². The van der Waals surface area contributed by atoms with E-state index < -0.39 is 27.1 Å². The van der Waals surface area contributed by atoms with Crippen molar-refractivity contribution in [3.63, 3.8) is 0 Å². The van der Waals surface area contributed by atoms with Crippen LogP contribution in [0.15, 0.2) is 35.4 Å². The molecule has 0 aliphatic heterocycles.